The number of aliphatic hydroxyl groups excluding tert-OH is 1. The first-order chi connectivity index (χ1) is 15.5. The molecule has 1 aromatic carbocycles. The zero-order valence-corrected chi connectivity index (χ0v) is 18.5. The number of likely N-dealkylation sites (tertiary alicyclic amines) is 1. The molecule has 170 valence electrons. The minimum Gasteiger partial charge on any atom is -0.466 e. The van der Waals surface area contributed by atoms with Gasteiger partial charge in [0.2, 0.25) is 11.8 Å². The summed E-state index contributed by atoms with van der Waals surface area (Å²) in [5.74, 6) is -2.10. The fourth-order valence-corrected chi connectivity index (χ4v) is 7.80. The van der Waals surface area contributed by atoms with E-state index >= 15 is 0 Å². The second kappa shape index (κ2) is 8.04. The lowest BCUT2D eigenvalue weighted by molar-refractivity contribution is -0.153. The van der Waals surface area contributed by atoms with Crippen molar-refractivity contribution in [2.75, 3.05) is 19.8 Å². The Balaban J connectivity index is 1.42. The topological polar surface area (TPSA) is 127 Å². The molecule has 0 aliphatic carbocycles. The number of nitrogens with zero attached hydrogens (tertiary/aromatic N) is 4. The van der Waals surface area contributed by atoms with Crippen LogP contribution in [0.1, 0.15) is 19.8 Å². The predicted molar refractivity (Wildman–Crippen MR) is 115 cm³/mol. The van der Waals surface area contributed by atoms with Crippen LogP contribution >= 0.6 is 11.8 Å². The van der Waals surface area contributed by atoms with Gasteiger partial charge in [-0.25, -0.2) is 4.68 Å². The van der Waals surface area contributed by atoms with Crippen molar-refractivity contribution in [3.8, 4) is 0 Å². The highest BCUT2D eigenvalue weighted by Gasteiger charge is 2.73. The third-order valence-corrected chi connectivity index (χ3v) is 8.72. The van der Waals surface area contributed by atoms with Gasteiger partial charge in [-0.15, -0.1) is 16.9 Å². The lowest BCUT2D eigenvalue weighted by Gasteiger charge is -2.33. The van der Waals surface area contributed by atoms with Crippen LogP contribution in [0.4, 0.5) is 0 Å². The second-order valence-corrected chi connectivity index (χ2v) is 9.94. The summed E-state index contributed by atoms with van der Waals surface area (Å²) >= 11 is 1.57. The van der Waals surface area contributed by atoms with Crippen LogP contribution in [0.2, 0.25) is 0 Å². The van der Waals surface area contributed by atoms with E-state index in [9.17, 15) is 19.5 Å². The zero-order chi connectivity index (χ0) is 22.5. The molecule has 0 radical (unpaired) electrons. The standard InChI is InChI=1S/C21H25N5O5S/c1-2-31-20(30)15-14-7-8-21(32-14)16(15)19(29)25(9-10-27)17(21)18(28)22-11-26-13-6-4-3-5-12(13)23-24-26/h3-6,14-17,27H,2,7-11H2,1H3,(H,22,28)/t14-,15+,16-,17?,21?/m0/s1. The summed E-state index contributed by atoms with van der Waals surface area (Å²) in [6.45, 7) is 1.88. The monoisotopic (exact) mass is 459 g/mol. The molecular weight excluding hydrogens is 434 g/mol. The third kappa shape index (κ3) is 3.01. The predicted octanol–water partition coefficient (Wildman–Crippen LogP) is 0.152. The van der Waals surface area contributed by atoms with Crippen molar-refractivity contribution in [3.05, 3.63) is 24.3 Å². The van der Waals surface area contributed by atoms with Crippen LogP contribution in [-0.4, -0.2) is 78.6 Å². The van der Waals surface area contributed by atoms with E-state index in [0.717, 1.165) is 17.5 Å². The zero-order valence-electron chi connectivity index (χ0n) is 17.6. The Labute approximate surface area is 188 Å². The molecule has 32 heavy (non-hydrogen) atoms. The summed E-state index contributed by atoms with van der Waals surface area (Å²) in [7, 11) is 0. The lowest BCUT2D eigenvalue weighted by Crippen LogP contribution is -2.54. The van der Waals surface area contributed by atoms with Crippen LogP contribution in [0.3, 0.4) is 0 Å². The van der Waals surface area contributed by atoms with Gasteiger partial charge in [-0.3, -0.25) is 14.4 Å². The molecule has 2 aromatic rings. The van der Waals surface area contributed by atoms with E-state index in [1.807, 2.05) is 24.3 Å². The van der Waals surface area contributed by atoms with Crippen LogP contribution < -0.4 is 5.32 Å². The first-order valence-electron chi connectivity index (χ1n) is 10.8. The van der Waals surface area contributed by atoms with Gasteiger partial charge in [0.25, 0.3) is 0 Å². The van der Waals surface area contributed by atoms with Crippen molar-refractivity contribution in [2.45, 2.75) is 42.5 Å². The van der Waals surface area contributed by atoms with E-state index in [2.05, 4.69) is 15.6 Å². The Morgan fingerprint density at radius 1 is 1.38 bits per heavy atom. The first kappa shape index (κ1) is 21.2. The number of esters is 1. The summed E-state index contributed by atoms with van der Waals surface area (Å²) in [6.07, 6.45) is 1.42. The van der Waals surface area contributed by atoms with E-state index in [4.69, 9.17) is 4.74 Å². The molecule has 5 rings (SSSR count). The fourth-order valence-electron chi connectivity index (χ4n) is 5.59. The number of hydrogen-bond acceptors (Lipinski definition) is 8. The Morgan fingerprint density at radius 3 is 2.97 bits per heavy atom. The van der Waals surface area contributed by atoms with Crippen molar-refractivity contribution in [3.63, 3.8) is 0 Å². The summed E-state index contributed by atoms with van der Waals surface area (Å²) < 4.78 is 6.17. The molecule has 10 nitrogen and oxygen atoms in total. The van der Waals surface area contributed by atoms with Gasteiger partial charge in [-0.1, -0.05) is 17.3 Å². The van der Waals surface area contributed by atoms with E-state index < -0.39 is 22.6 Å². The molecule has 3 aliphatic heterocycles. The van der Waals surface area contributed by atoms with E-state index in [-0.39, 0.29) is 49.5 Å². The summed E-state index contributed by atoms with van der Waals surface area (Å²) in [6, 6.07) is 6.67. The molecule has 0 saturated carbocycles. The van der Waals surface area contributed by atoms with Gasteiger partial charge in [0, 0.05) is 11.8 Å². The molecule has 1 spiro atoms. The number of aromatic nitrogens is 3. The smallest absolute Gasteiger partial charge is 0.310 e. The van der Waals surface area contributed by atoms with Gasteiger partial charge in [0.15, 0.2) is 0 Å². The molecule has 1 aromatic heterocycles. The summed E-state index contributed by atoms with van der Waals surface area (Å²) in [5, 5.41) is 20.6. The minimum absolute atomic E-state index is 0.0335. The second-order valence-electron chi connectivity index (χ2n) is 8.34. The van der Waals surface area contributed by atoms with Gasteiger partial charge in [-0.2, -0.15) is 0 Å². The number of aliphatic hydroxyl groups is 1. The maximum atomic E-state index is 13.5. The molecule has 4 heterocycles. The number of para-hydroxylation sites is 1. The first-order valence-corrected chi connectivity index (χ1v) is 11.7. The van der Waals surface area contributed by atoms with Crippen molar-refractivity contribution >= 4 is 40.6 Å². The number of rotatable bonds is 7. The number of fused-ring (bicyclic) bond motifs is 2. The summed E-state index contributed by atoms with van der Waals surface area (Å²) in [4.78, 5) is 41.0. The lowest BCUT2D eigenvalue weighted by atomic mass is 9.71. The van der Waals surface area contributed by atoms with Crippen LogP contribution in [0.5, 0.6) is 0 Å². The normalized spacial score (nSPS) is 30.7. The van der Waals surface area contributed by atoms with Gasteiger partial charge < -0.3 is 20.1 Å². The summed E-state index contributed by atoms with van der Waals surface area (Å²) in [5.41, 5.74) is 1.51. The molecule has 3 aliphatic rings. The van der Waals surface area contributed by atoms with E-state index in [1.54, 1.807) is 23.4 Å². The van der Waals surface area contributed by atoms with E-state index in [1.165, 1.54) is 4.90 Å². The van der Waals surface area contributed by atoms with Crippen LogP contribution in [-0.2, 0) is 25.8 Å². The Hall–Kier alpha value is -2.66. The molecule has 11 heteroatoms. The third-order valence-electron chi connectivity index (χ3n) is 6.77. The molecular formula is C21H25N5O5S. The molecule has 2 bridgehead atoms. The average molecular weight is 460 g/mol. The van der Waals surface area contributed by atoms with Crippen molar-refractivity contribution < 1.29 is 24.2 Å². The molecule has 2 unspecified atom stereocenters. The highest BCUT2D eigenvalue weighted by molar-refractivity contribution is 8.02. The molecule has 3 saturated heterocycles. The van der Waals surface area contributed by atoms with Gasteiger partial charge in [0.05, 0.1) is 35.3 Å². The molecule has 2 amide bonds. The van der Waals surface area contributed by atoms with E-state index in [0.29, 0.717) is 6.42 Å². The van der Waals surface area contributed by atoms with Crippen LogP contribution in [0.15, 0.2) is 24.3 Å². The number of β-amino-alcohol motifs (C(OH)–C–C–N with tert-alkyl or cyclic N) is 1. The molecule has 3 fully saturated rings. The number of benzene rings is 1. The number of carbonyl (C=O) groups is 3. The van der Waals surface area contributed by atoms with Crippen LogP contribution in [0.25, 0.3) is 11.0 Å². The number of nitrogens with one attached hydrogen (secondary N) is 1. The number of hydrogen-bond donors (Lipinski definition) is 2. The number of carbonyl (C=O) groups excluding carboxylic acids is 3. The Kier molecular flexibility index (Phi) is 5.32. The maximum Gasteiger partial charge on any atom is 0.310 e. The van der Waals surface area contributed by atoms with Crippen molar-refractivity contribution in [2.24, 2.45) is 11.8 Å². The SMILES string of the molecule is CCOC(=O)[C@@H]1[C@@H]2CCC3(S2)C(C(=O)NCn2nnc4ccccc42)N(CCO)C(=O)[C@H]13. The fraction of sp³-hybridized carbons (Fsp3) is 0.571. The number of ether oxygens (including phenoxy) is 1. The Bertz CT molecular complexity index is 1080. The van der Waals surface area contributed by atoms with Crippen molar-refractivity contribution in [1.82, 2.24) is 25.2 Å². The van der Waals surface area contributed by atoms with Crippen LogP contribution in [0, 0.1) is 11.8 Å². The van der Waals surface area contributed by atoms with Gasteiger partial charge in [0.1, 0.15) is 18.2 Å². The highest BCUT2D eigenvalue weighted by atomic mass is 32.2. The number of amides is 2. The largest absolute Gasteiger partial charge is 0.466 e. The number of thioether (sulfide) groups is 1. The van der Waals surface area contributed by atoms with Gasteiger partial charge >= 0.3 is 5.97 Å². The maximum absolute atomic E-state index is 13.5. The highest BCUT2D eigenvalue weighted by Crippen LogP contribution is 2.66. The molecule has 5 atom stereocenters. The van der Waals surface area contributed by atoms with Gasteiger partial charge in [-0.05, 0) is 31.9 Å². The molecule has 2 N–H and O–H groups in total. The average Bonchev–Trinajstić information content (AvgIpc) is 3.52. The van der Waals surface area contributed by atoms with Crippen molar-refractivity contribution in [1.29, 1.82) is 0 Å². The minimum atomic E-state index is -0.767. The Morgan fingerprint density at radius 2 is 2.19 bits per heavy atom. The quantitative estimate of drug-likeness (QED) is 0.561.